The SMILES string of the molecule is Cc1nnc2n1-c1ccc(Cl)nc1C(c1ccccc1Cl)=[N+]([O-])C2. The largest absolute Gasteiger partial charge is 0.623 e. The molecule has 3 aromatic rings. The Labute approximate surface area is 147 Å². The summed E-state index contributed by atoms with van der Waals surface area (Å²) in [6.07, 6.45) is 0. The van der Waals surface area contributed by atoms with E-state index in [9.17, 15) is 5.21 Å². The Hall–Kier alpha value is -2.44. The summed E-state index contributed by atoms with van der Waals surface area (Å²) in [5.41, 5.74) is 2.11. The molecule has 0 spiro atoms. The Kier molecular flexibility index (Phi) is 3.51. The number of hydrogen-bond acceptors (Lipinski definition) is 4. The maximum Gasteiger partial charge on any atom is 0.248 e. The Morgan fingerprint density at radius 3 is 2.71 bits per heavy atom. The Morgan fingerprint density at radius 1 is 1.12 bits per heavy atom. The first-order valence-electron chi connectivity index (χ1n) is 7.21. The molecule has 3 heterocycles. The molecular weight excluding hydrogens is 349 g/mol. The number of aryl methyl sites for hydroxylation is 1. The van der Waals surface area contributed by atoms with E-state index in [-0.39, 0.29) is 6.54 Å². The van der Waals surface area contributed by atoms with E-state index in [1.807, 2.05) is 23.6 Å². The molecule has 1 aromatic carbocycles. The predicted octanol–water partition coefficient (Wildman–Crippen LogP) is 3.14. The molecule has 0 bridgehead atoms. The van der Waals surface area contributed by atoms with E-state index in [4.69, 9.17) is 23.2 Å². The Bertz CT molecular complexity index is 996. The molecule has 4 rings (SSSR count). The van der Waals surface area contributed by atoms with Gasteiger partial charge in [-0.2, -0.15) is 4.74 Å². The molecule has 0 atom stereocenters. The molecule has 0 amide bonds. The molecular formula is C16H11Cl2N5O. The van der Waals surface area contributed by atoms with Gasteiger partial charge in [-0.25, -0.2) is 4.98 Å². The molecule has 0 aliphatic carbocycles. The van der Waals surface area contributed by atoms with Crippen molar-refractivity contribution in [2.75, 3.05) is 0 Å². The maximum absolute atomic E-state index is 12.9. The summed E-state index contributed by atoms with van der Waals surface area (Å²) in [6, 6.07) is 10.6. The van der Waals surface area contributed by atoms with Crippen molar-refractivity contribution in [1.29, 1.82) is 0 Å². The lowest BCUT2D eigenvalue weighted by atomic mass is 10.1. The zero-order valence-corrected chi connectivity index (χ0v) is 14.1. The molecule has 0 N–H and O–H groups in total. The summed E-state index contributed by atoms with van der Waals surface area (Å²) >= 11 is 12.4. The summed E-state index contributed by atoms with van der Waals surface area (Å²) in [4.78, 5) is 4.39. The van der Waals surface area contributed by atoms with Crippen molar-refractivity contribution in [2.24, 2.45) is 0 Å². The minimum Gasteiger partial charge on any atom is -0.623 e. The minimum atomic E-state index is 0.0371. The van der Waals surface area contributed by atoms with Gasteiger partial charge >= 0.3 is 0 Å². The van der Waals surface area contributed by atoms with Crippen molar-refractivity contribution in [2.45, 2.75) is 13.5 Å². The number of rotatable bonds is 1. The number of hydrogen-bond donors (Lipinski definition) is 0. The average Bonchev–Trinajstić information content (AvgIpc) is 2.85. The quantitative estimate of drug-likeness (QED) is 0.380. The number of nitrogens with zero attached hydrogens (tertiary/aromatic N) is 5. The maximum atomic E-state index is 12.9. The van der Waals surface area contributed by atoms with E-state index in [1.54, 1.807) is 24.3 Å². The molecule has 24 heavy (non-hydrogen) atoms. The monoisotopic (exact) mass is 359 g/mol. The predicted molar refractivity (Wildman–Crippen MR) is 90.9 cm³/mol. The molecule has 6 nitrogen and oxygen atoms in total. The van der Waals surface area contributed by atoms with Crippen LogP contribution in [0, 0.1) is 12.1 Å². The van der Waals surface area contributed by atoms with Crippen LogP contribution in [0.25, 0.3) is 5.69 Å². The van der Waals surface area contributed by atoms with Gasteiger partial charge in [0.1, 0.15) is 11.0 Å². The van der Waals surface area contributed by atoms with Gasteiger partial charge in [0.05, 0.1) is 16.3 Å². The smallest absolute Gasteiger partial charge is 0.248 e. The van der Waals surface area contributed by atoms with E-state index >= 15 is 0 Å². The van der Waals surface area contributed by atoms with Crippen LogP contribution in [0.5, 0.6) is 0 Å². The number of hydroxylamine groups is 1. The number of halogens is 2. The molecule has 1 aliphatic heterocycles. The van der Waals surface area contributed by atoms with Crippen molar-refractivity contribution in [3.8, 4) is 5.69 Å². The van der Waals surface area contributed by atoms with Crippen LogP contribution < -0.4 is 0 Å². The van der Waals surface area contributed by atoms with Crippen LogP contribution in [-0.2, 0) is 6.54 Å². The topological polar surface area (TPSA) is 69.7 Å². The van der Waals surface area contributed by atoms with E-state index in [1.165, 1.54) is 0 Å². The van der Waals surface area contributed by atoms with Crippen molar-refractivity contribution < 1.29 is 4.74 Å². The van der Waals surface area contributed by atoms with Gasteiger partial charge in [0.15, 0.2) is 5.69 Å². The third-order valence-electron chi connectivity index (χ3n) is 3.86. The number of pyridine rings is 1. The summed E-state index contributed by atoms with van der Waals surface area (Å²) < 4.78 is 2.64. The summed E-state index contributed by atoms with van der Waals surface area (Å²) in [6.45, 7) is 1.86. The number of fused-ring (bicyclic) bond motifs is 3. The molecule has 120 valence electrons. The molecule has 0 saturated heterocycles. The second kappa shape index (κ2) is 5.58. The molecule has 0 unspecified atom stereocenters. The van der Waals surface area contributed by atoms with E-state index < -0.39 is 0 Å². The first-order valence-corrected chi connectivity index (χ1v) is 7.96. The van der Waals surface area contributed by atoms with E-state index in [0.717, 1.165) is 4.74 Å². The molecule has 2 aromatic heterocycles. The van der Waals surface area contributed by atoms with Gasteiger partial charge in [0, 0.05) is 0 Å². The van der Waals surface area contributed by atoms with Gasteiger partial charge in [-0.1, -0.05) is 35.3 Å². The third-order valence-corrected chi connectivity index (χ3v) is 4.40. The van der Waals surface area contributed by atoms with E-state index in [0.29, 0.717) is 44.5 Å². The van der Waals surface area contributed by atoms with Gasteiger partial charge in [0.25, 0.3) is 0 Å². The lowest BCUT2D eigenvalue weighted by molar-refractivity contribution is -0.475. The number of benzene rings is 1. The summed E-state index contributed by atoms with van der Waals surface area (Å²) in [5.74, 6) is 1.21. The van der Waals surface area contributed by atoms with Crippen LogP contribution in [-0.4, -0.2) is 30.2 Å². The fourth-order valence-corrected chi connectivity index (χ4v) is 3.22. The zero-order valence-electron chi connectivity index (χ0n) is 12.6. The van der Waals surface area contributed by atoms with Crippen LogP contribution in [0.3, 0.4) is 0 Å². The lowest BCUT2D eigenvalue weighted by Gasteiger charge is -2.11. The van der Waals surface area contributed by atoms with Crippen molar-refractivity contribution in [3.05, 3.63) is 74.7 Å². The Balaban J connectivity index is 2.09. The fourth-order valence-electron chi connectivity index (χ4n) is 2.85. The van der Waals surface area contributed by atoms with Crippen LogP contribution >= 0.6 is 23.2 Å². The highest BCUT2D eigenvalue weighted by Gasteiger charge is 2.31. The first kappa shape index (κ1) is 15.1. The fraction of sp³-hybridized carbons (Fsp3) is 0.125. The lowest BCUT2D eigenvalue weighted by Crippen LogP contribution is -2.19. The van der Waals surface area contributed by atoms with Crippen LogP contribution in [0.15, 0.2) is 36.4 Å². The standard InChI is InChI=1S/C16H11Cl2N5O/c1-9-20-21-14-8-22(24)16(10-4-2-3-5-11(10)17)15-12(23(9)14)6-7-13(18)19-15/h2-7H,8H2,1H3. The highest BCUT2D eigenvalue weighted by Crippen LogP contribution is 2.27. The van der Waals surface area contributed by atoms with Crippen molar-refractivity contribution in [3.63, 3.8) is 0 Å². The highest BCUT2D eigenvalue weighted by molar-refractivity contribution is 6.35. The molecule has 8 heteroatoms. The summed E-state index contributed by atoms with van der Waals surface area (Å²) in [7, 11) is 0. The summed E-state index contributed by atoms with van der Waals surface area (Å²) in [5, 5.41) is 21.8. The van der Waals surface area contributed by atoms with Crippen LogP contribution in [0.4, 0.5) is 0 Å². The van der Waals surface area contributed by atoms with Gasteiger partial charge in [0.2, 0.25) is 18.1 Å². The van der Waals surface area contributed by atoms with E-state index in [2.05, 4.69) is 15.2 Å². The Morgan fingerprint density at radius 2 is 1.92 bits per heavy atom. The van der Waals surface area contributed by atoms with Gasteiger partial charge in [-0.05, 0) is 31.2 Å². The minimum absolute atomic E-state index is 0.0371. The van der Waals surface area contributed by atoms with Crippen molar-refractivity contribution >= 4 is 28.9 Å². The van der Waals surface area contributed by atoms with Gasteiger partial charge < -0.3 is 5.21 Å². The number of aromatic nitrogens is 4. The van der Waals surface area contributed by atoms with Crippen LogP contribution in [0.2, 0.25) is 10.2 Å². The zero-order chi connectivity index (χ0) is 16.8. The van der Waals surface area contributed by atoms with Gasteiger partial charge in [-0.15, -0.1) is 10.2 Å². The average molecular weight is 360 g/mol. The van der Waals surface area contributed by atoms with Gasteiger partial charge in [-0.3, -0.25) is 4.57 Å². The third kappa shape index (κ3) is 2.26. The highest BCUT2D eigenvalue weighted by atomic mass is 35.5. The first-order chi connectivity index (χ1) is 11.6. The molecule has 1 aliphatic rings. The molecule has 0 saturated carbocycles. The normalized spacial score (nSPS) is 13.5. The molecule has 0 fully saturated rings. The van der Waals surface area contributed by atoms with Crippen molar-refractivity contribution in [1.82, 2.24) is 19.7 Å². The second-order valence-corrected chi connectivity index (χ2v) is 6.16. The molecule has 0 radical (unpaired) electrons. The second-order valence-electron chi connectivity index (χ2n) is 5.37. The van der Waals surface area contributed by atoms with Crippen LogP contribution in [0.1, 0.15) is 22.9 Å².